The minimum Gasteiger partial charge on any atom is -0.337 e. The molecule has 1 rings (SSSR count). The molecule has 0 saturated carbocycles. The number of hydrogen-bond donors (Lipinski definition) is 1. The highest BCUT2D eigenvalue weighted by molar-refractivity contribution is 4.96. The lowest BCUT2D eigenvalue weighted by atomic mass is 10.0. The van der Waals surface area contributed by atoms with Crippen LogP contribution in [0.3, 0.4) is 0 Å². The molecule has 2 atom stereocenters. The second-order valence-electron chi connectivity index (χ2n) is 3.37. The lowest BCUT2D eigenvalue weighted by Gasteiger charge is -2.12. The van der Waals surface area contributed by atoms with Gasteiger partial charge in [0.2, 0.25) is 5.89 Å². The Morgan fingerprint density at radius 1 is 1.47 bits per heavy atom. The summed E-state index contributed by atoms with van der Waals surface area (Å²) < 4.78 is 40.8. The van der Waals surface area contributed by atoms with E-state index in [1.165, 1.54) is 0 Å². The Hall–Kier alpha value is -1.11. The van der Waals surface area contributed by atoms with E-state index in [4.69, 9.17) is 5.73 Å². The minimum atomic E-state index is -4.59. The van der Waals surface area contributed by atoms with Crippen LogP contribution in [0.1, 0.15) is 38.0 Å². The second-order valence-corrected chi connectivity index (χ2v) is 3.37. The van der Waals surface area contributed by atoms with Crippen molar-refractivity contribution in [3.8, 4) is 0 Å². The van der Waals surface area contributed by atoms with Crippen molar-refractivity contribution in [1.29, 1.82) is 0 Å². The Bertz CT molecular complexity index is 323. The number of rotatable bonds is 3. The smallest absolute Gasteiger partial charge is 0.337 e. The van der Waals surface area contributed by atoms with Gasteiger partial charge in [-0.25, -0.2) is 0 Å². The lowest BCUT2D eigenvalue weighted by molar-refractivity contribution is -0.146. The molecule has 0 fully saturated rings. The van der Waals surface area contributed by atoms with Gasteiger partial charge in [0.05, 0.1) is 6.04 Å². The molecule has 1 aromatic heterocycles. The third-order valence-corrected chi connectivity index (χ3v) is 2.24. The molecular weight excluding hydrogens is 211 g/mol. The van der Waals surface area contributed by atoms with Crippen LogP contribution in [0.5, 0.6) is 0 Å². The van der Waals surface area contributed by atoms with Crippen molar-refractivity contribution in [2.75, 3.05) is 0 Å². The van der Waals surface area contributed by atoms with Crippen LogP contribution in [0.15, 0.2) is 4.52 Å². The molecule has 1 unspecified atom stereocenters. The largest absolute Gasteiger partial charge is 0.455 e. The highest BCUT2D eigenvalue weighted by Gasteiger charge is 2.38. The van der Waals surface area contributed by atoms with Crippen molar-refractivity contribution >= 4 is 0 Å². The molecule has 2 N–H and O–H groups in total. The van der Waals surface area contributed by atoms with Gasteiger partial charge in [0.25, 0.3) is 5.82 Å². The molecule has 0 aliphatic heterocycles. The van der Waals surface area contributed by atoms with E-state index in [0.717, 1.165) is 6.42 Å². The van der Waals surface area contributed by atoms with E-state index in [9.17, 15) is 13.2 Å². The zero-order chi connectivity index (χ0) is 11.6. The standard InChI is InChI=1S/C8H12F3N3O/c1-3-4(2)5(12)6-13-7(14-15-6)8(9,10)11/h4-5H,3,12H2,1-2H3/t4?,5-/m0/s1. The van der Waals surface area contributed by atoms with Crippen LogP contribution in [-0.2, 0) is 6.18 Å². The van der Waals surface area contributed by atoms with E-state index >= 15 is 0 Å². The third-order valence-electron chi connectivity index (χ3n) is 2.24. The fourth-order valence-corrected chi connectivity index (χ4v) is 0.983. The zero-order valence-electron chi connectivity index (χ0n) is 8.38. The predicted molar refractivity (Wildman–Crippen MR) is 45.7 cm³/mol. The maximum atomic E-state index is 12.1. The van der Waals surface area contributed by atoms with Gasteiger partial charge >= 0.3 is 6.18 Å². The summed E-state index contributed by atoms with van der Waals surface area (Å²) >= 11 is 0. The second kappa shape index (κ2) is 4.18. The van der Waals surface area contributed by atoms with Gasteiger partial charge in [-0.1, -0.05) is 25.4 Å². The summed E-state index contributed by atoms with van der Waals surface area (Å²) in [5.41, 5.74) is 5.64. The normalized spacial score (nSPS) is 16.4. The highest BCUT2D eigenvalue weighted by Crippen LogP contribution is 2.28. The van der Waals surface area contributed by atoms with E-state index in [1.807, 2.05) is 13.8 Å². The Morgan fingerprint density at radius 2 is 2.07 bits per heavy atom. The Labute approximate surface area is 84.6 Å². The summed E-state index contributed by atoms with van der Waals surface area (Å²) in [6, 6.07) is -0.654. The van der Waals surface area contributed by atoms with Crippen molar-refractivity contribution in [2.45, 2.75) is 32.5 Å². The van der Waals surface area contributed by atoms with Gasteiger partial charge in [0.15, 0.2) is 0 Å². The van der Waals surface area contributed by atoms with Crippen molar-refractivity contribution in [2.24, 2.45) is 11.7 Å². The van der Waals surface area contributed by atoms with E-state index < -0.39 is 18.0 Å². The molecule has 0 radical (unpaired) electrons. The molecule has 15 heavy (non-hydrogen) atoms. The quantitative estimate of drug-likeness (QED) is 0.852. The van der Waals surface area contributed by atoms with Gasteiger partial charge < -0.3 is 10.3 Å². The van der Waals surface area contributed by atoms with Gasteiger partial charge in [0, 0.05) is 0 Å². The first kappa shape index (κ1) is 12.0. The molecule has 0 aliphatic carbocycles. The molecule has 0 saturated heterocycles. The SMILES string of the molecule is CCC(C)[C@H](N)c1nc(C(F)(F)F)no1. The molecule has 0 aliphatic rings. The zero-order valence-corrected chi connectivity index (χ0v) is 8.38. The minimum absolute atomic E-state index is 0.00784. The molecule has 0 amide bonds. The van der Waals surface area contributed by atoms with Crippen molar-refractivity contribution in [3.63, 3.8) is 0 Å². The van der Waals surface area contributed by atoms with Crippen LogP contribution in [0.25, 0.3) is 0 Å². The van der Waals surface area contributed by atoms with E-state index in [0.29, 0.717) is 0 Å². The molecule has 1 aromatic rings. The predicted octanol–water partition coefficient (Wildman–Crippen LogP) is 2.13. The summed E-state index contributed by atoms with van der Waals surface area (Å²) in [5.74, 6) is -1.46. The first-order chi connectivity index (χ1) is 6.86. The molecule has 0 spiro atoms. The first-order valence-electron chi connectivity index (χ1n) is 4.52. The molecule has 7 heteroatoms. The van der Waals surface area contributed by atoms with Gasteiger partial charge in [-0.3, -0.25) is 0 Å². The van der Waals surface area contributed by atoms with Gasteiger partial charge in [0.1, 0.15) is 0 Å². The molecule has 1 heterocycles. The molecule has 0 aromatic carbocycles. The van der Waals surface area contributed by atoms with Crippen molar-refractivity contribution in [1.82, 2.24) is 10.1 Å². The summed E-state index contributed by atoms with van der Waals surface area (Å²) in [7, 11) is 0. The highest BCUT2D eigenvalue weighted by atomic mass is 19.4. The van der Waals surface area contributed by atoms with E-state index in [-0.39, 0.29) is 11.8 Å². The Kier molecular flexibility index (Phi) is 3.33. The van der Waals surface area contributed by atoms with Gasteiger partial charge in [-0.05, 0) is 5.92 Å². The summed E-state index contributed by atoms with van der Waals surface area (Å²) in [5, 5.41) is 2.83. The number of nitrogens with zero attached hydrogens (tertiary/aromatic N) is 2. The van der Waals surface area contributed by atoms with E-state index in [1.54, 1.807) is 0 Å². The Morgan fingerprint density at radius 3 is 2.47 bits per heavy atom. The lowest BCUT2D eigenvalue weighted by Crippen LogP contribution is -2.19. The molecule has 86 valence electrons. The van der Waals surface area contributed by atoms with E-state index in [2.05, 4.69) is 14.7 Å². The molecule has 0 bridgehead atoms. The third kappa shape index (κ3) is 2.68. The maximum Gasteiger partial charge on any atom is 0.455 e. The summed E-state index contributed by atoms with van der Waals surface area (Å²) in [6.45, 7) is 3.69. The number of aromatic nitrogens is 2. The van der Waals surface area contributed by atoms with Crippen LogP contribution in [0, 0.1) is 5.92 Å². The molecule has 4 nitrogen and oxygen atoms in total. The number of hydrogen-bond acceptors (Lipinski definition) is 4. The summed E-state index contributed by atoms with van der Waals surface area (Å²) in [4.78, 5) is 3.22. The van der Waals surface area contributed by atoms with Crippen LogP contribution in [0.4, 0.5) is 13.2 Å². The fourth-order valence-electron chi connectivity index (χ4n) is 0.983. The van der Waals surface area contributed by atoms with Crippen LogP contribution in [-0.4, -0.2) is 10.1 Å². The van der Waals surface area contributed by atoms with Crippen molar-refractivity contribution in [3.05, 3.63) is 11.7 Å². The van der Waals surface area contributed by atoms with Crippen LogP contribution < -0.4 is 5.73 Å². The first-order valence-corrected chi connectivity index (χ1v) is 4.52. The van der Waals surface area contributed by atoms with Crippen molar-refractivity contribution < 1.29 is 17.7 Å². The number of alkyl halides is 3. The molecular formula is C8H12F3N3O. The average Bonchev–Trinajstić information content (AvgIpc) is 2.63. The van der Waals surface area contributed by atoms with Crippen LogP contribution in [0.2, 0.25) is 0 Å². The van der Waals surface area contributed by atoms with Gasteiger partial charge in [-0.15, -0.1) is 0 Å². The Balaban J connectivity index is 2.85. The number of halogens is 3. The fraction of sp³-hybridized carbons (Fsp3) is 0.750. The monoisotopic (exact) mass is 223 g/mol. The maximum absolute atomic E-state index is 12.1. The topological polar surface area (TPSA) is 64.9 Å². The average molecular weight is 223 g/mol. The van der Waals surface area contributed by atoms with Crippen LogP contribution >= 0.6 is 0 Å². The van der Waals surface area contributed by atoms with Gasteiger partial charge in [-0.2, -0.15) is 18.2 Å². The number of nitrogens with two attached hydrogens (primary N) is 1. The summed E-state index contributed by atoms with van der Waals surface area (Å²) in [6.07, 6.45) is -3.86.